The van der Waals surface area contributed by atoms with Crippen LogP contribution < -0.4 is 5.32 Å². The summed E-state index contributed by atoms with van der Waals surface area (Å²) >= 11 is 0. The monoisotopic (exact) mass is 318 g/mol. The van der Waals surface area contributed by atoms with Gasteiger partial charge in [0.05, 0.1) is 6.20 Å². The van der Waals surface area contributed by atoms with Crippen LogP contribution >= 0.6 is 0 Å². The summed E-state index contributed by atoms with van der Waals surface area (Å²) in [5.41, 5.74) is 4.46. The van der Waals surface area contributed by atoms with Crippen molar-refractivity contribution in [1.29, 1.82) is 0 Å². The zero-order valence-corrected chi connectivity index (χ0v) is 13.1. The minimum Gasteiger partial charge on any atom is -0.339 e. The van der Waals surface area contributed by atoms with Gasteiger partial charge >= 0.3 is 0 Å². The highest BCUT2D eigenvalue weighted by atomic mass is 19.1. The van der Waals surface area contributed by atoms with Crippen molar-refractivity contribution in [1.82, 2.24) is 14.4 Å². The first-order valence-corrected chi connectivity index (χ1v) is 7.63. The van der Waals surface area contributed by atoms with Gasteiger partial charge in [-0.2, -0.15) is 0 Å². The molecule has 0 saturated heterocycles. The van der Waals surface area contributed by atoms with Crippen molar-refractivity contribution in [2.24, 2.45) is 0 Å². The van der Waals surface area contributed by atoms with Crippen LogP contribution in [0.5, 0.6) is 0 Å². The molecule has 2 aromatic heterocycles. The molecule has 5 heteroatoms. The van der Waals surface area contributed by atoms with Crippen LogP contribution in [0, 0.1) is 12.7 Å². The van der Waals surface area contributed by atoms with E-state index < -0.39 is 0 Å². The zero-order chi connectivity index (χ0) is 16.5. The lowest BCUT2D eigenvalue weighted by molar-refractivity contribution is 0.628. The second kappa shape index (κ2) is 5.77. The second-order valence-electron chi connectivity index (χ2n) is 5.56. The van der Waals surface area contributed by atoms with Crippen LogP contribution in [0.15, 0.2) is 67.1 Å². The summed E-state index contributed by atoms with van der Waals surface area (Å²) in [4.78, 5) is 8.78. The number of halogens is 1. The molecule has 118 valence electrons. The Hall–Kier alpha value is -3.21. The predicted octanol–water partition coefficient (Wildman–Crippen LogP) is 4.59. The highest BCUT2D eigenvalue weighted by molar-refractivity contribution is 5.80. The molecule has 4 aromatic rings. The molecular formula is C19H15FN4. The van der Waals surface area contributed by atoms with Crippen LogP contribution in [0.3, 0.4) is 0 Å². The number of imidazole rings is 1. The number of hydrogen-bond acceptors (Lipinski definition) is 3. The summed E-state index contributed by atoms with van der Waals surface area (Å²) in [6.07, 6.45) is 5.28. The number of hydrogen-bond donors (Lipinski definition) is 1. The Kier molecular flexibility index (Phi) is 3.46. The van der Waals surface area contributed by atoms with Crippen LogP contribution in [-0.4, -0.2) is 14.4 Å². The average molecular weight is 318 g/mol. The van der Waals surface area contributed by atoms with Crippen LogP contribution in [0.2, 0.25) is 0 Å². The van der Waals surface area contributed by atoms with Crippen LogP contribution in [0.4, 0.5) is 15.9 Å². The quantitative estimate of drug-likeness (QED) is 0.601. The van der Waals surface area contributed by atoms with E-state index in [2.05, 4.69) is 15.3 Å². The Balaban J connectivity index is 1.90. The Bertz CT molecular complexity index is 1010. The van der Waals surface area contributed by atoms with E-state index in [1.807, 2.05) is 41.8 Å². The predicted molar refractivity (Wildman–Crippen MR) is 92.8 cm³/mol. The molecule has 0 radical (unpaired) electrons. The van der Waals surface area contributed by atoms with Crippen molar-refractivity contribution in [3.63, 3.8) is 0 Å². The lowest BCUT2D eigenvalue weighted by Crippen LogP contribution is -1.98. The van der Waals surface area contributed by atoms with Gasteiger partial charge in [-0.1, -0.05) is 18.2 Å². The Morgan fingerprint density at radius 2 is 1.83 bits per heavy atom. The normalized spacial score (nSPS) is 10.9. The topological polar surface area (TPSA) is 42.2 Å². The van der Waals surface area contributed by atoms with E-state index in [1.54, 1.807) is 24.5 Å². The molecule has 4 nitrogen and oxygen atoms in total. The van der Waals surface area contributed by atoms with Crippen molar-refractivity contribution in [3.05, 3.63) is 78.5 Å². The number of aryl methyl sites for hydroxylation is 1. The van der Waals surface area contributed by atoms with Gasteiger partial charge in [0.2, 0.25) is 0 Å². The number of nitrogens with zero attached hydrogens (tertiary/aromatic N) is 3. The van der Waals surface area contributed by atoms with Crippen molar-refractivity contribution < 1.29 is 4.39 Å². The fraction of sp³-hybridized carbons (Fsp3) is 0.0526. The summed E-state index contributed by atoms with van der Waals surface area (Å²) < 4.78 is 15.2. The van der Waals surface area contributed by atoms with Gasteiger partial charge in [0.25, 0.3) is 0 Å². The highest BCUT2D eigenvalue weighted by Crippen LogP contribution is 2.31. The number of nitrogens with one attached hydrogen (secondary N) is 1. The summed E-state index contributed by atoms with van der Waals surface area (Å²) in [5, 5.41) is 3.46. The first kappa shape index (κ1) is 14.4. The standard InChI is InChI=1S/C19H15FN4/c1-13-4-2-3-5-16(13)22-19-18(14-6-8-15(20)9-7-14)23-17-12-21-10-11-24(17)19/h2-12,22H,1H3. The number of para-hydroxylation sites is 1. The summed E-state index contributed by atoms with van der Waals surface area (Å²) in [6, 6.07) is 14.4. The van der Waals surface area contributed by atoms with E-state index in [4.69, 9.17) is 0 Å². The maximum Gasteiger partial charge on any atom is 0.157 e. The molecule has 2 aromatic carbocycles. The van der Waals surface area contributed by atoms with Crippen LogP contribution in [-0.2, 0) is 0 Å². The minimum absolute atomic E-state index is 0.266. The van der Waals surface area contributed by atoms with Crippen molar-refractivity contribution >= 4 is 17.2 Å². The van der Waals surface area contributed by atoms with Gasteiger partial charge in [-0.05, 0) is 42.8 Å². The fourth-order valence-electron chi connectivity index (χ4n) is 2.68. The second-order valence-corrected chi connectivity index (χ2v) is 5.56. The first-order chi connectivity index (χ1) is 11.7. The largest absolute Gasteiger partial charge is 0.339 e. The SMILES string of the molecule is Cc1ccccc1Nc1c(-c2ccc(F)cc2)nc2cnccn12. The molecule has 0 spiro atoms. The molecule has 0 aliphatic rings. The van der Waals surface area contributed by atoms with Gasteiger partial charge in [0, 0.05) is 23.6 Å². The lowest BCUT2D eigenvalue weighted by Gasteiger charge is -2.11. The minimum atomic E-state index is -0.266. The molecule has 0 saturated carbocycles. The van der Waals surface area contributed by atoms with E-state index in [1.165, 1.54) is 12.1 Å². The average Bonchev–Trinajstić information content (AvgIpc) is 2.96. The van der Waals surface area contributed by atoms with Gasteiger partial charge in [-0.15, -0.1) is 0 Å². The Morgan fingerprint density at radius 3 is 2.62 bits per heavy atom. The summed E-state index contributed by atoms with van der Waals surface area (Å²) in [7, 11) is 0. The Labute approximate surface area is 138 Å². The molecule has 0 unspecified atom stereocenters. The number of anilines is 2. The highest BCUT2D eigenvalue weighted by Gasteiger charge is 2.15. The van der Waals surface area contributed by atoms with Gasteiger partial charge in [0.15, 0.2) is 5.65 Å². The van der Waals surface area contributed by atoms with Crippen LogP contribution in [0.1, 0.15) is 5.56 Å². The van der Waals surface area contributed by atoms with E-state index >= 15 is 0 Å². The summed E-state index contributed by atoms with van der Waals surface area (Å²) in [5.74, 6) is 0.561. The maximum atomic E-state index is 13.3. The number of rotatable bonds is 3. The fourth-order valence-corrected chi connectivity index (χ4v) is 2.68. The van der Waals surface area contributed by atoms with Gasteiger partial charge in [0.1, 0.15) is 17.3 Å². The Morgan fingerprint density at radius 1 is 1.04 bits per heavy atom. The molecule has 4 rings (SSSR count). The molecule has 2 heterocycles. The third-order valence-electron chi connectivity index (χ3n) is 3.95. The first-order valence-electron chi connectivity index (χ1n) is 7.63. The third kappa shape index (κ3) is 2.50. The van der Waals surface area contributed by atoms with E-state index in [9.17, 15) is 4.39 Å². The maximum absolute atomic E-state index is 13.3. The zero-order valence-electron chi connectivity index (χ0n) is 13.1. The van der Waals surface area contributed by atoms with Crippen molar-refractivity contribution in [2.75, 3.05) is 5.32 Å². The molecule has 0 atom stereocenters. The number of fused-ring (bicyclic) bond motifs is 1. The van der Waals surface area contributed by atoms with Crippen molar-refractivity contribution in [3.8, 4) is 11.3 Å². The molecule has 24 heavy (non-hydrogen) atoms. The molecule has 1 N–H and O–H groups in total. The molecule has 0 aliphatic carbocycles. The molecule has 0 fully saturated rings. The third-order valence-corrected chi connectivity index (χ3v) is 3.95. The van der Waals surface area contributed by atoms with Crippen molar-refractivity contribution in [2.45, 2.75) is 6.92 Å². The smallest absolute Gasteiger partial charge is 0.157 e. The van der Waals surface area contributed by atoms with E-state index in [-0.39, 0.29) is 5.82 Å². The lowest BCUT2D eigenvalue weighted by atomic mass is 10.1. The molecule has 0 aliphatic heterocycles. The van der Waals surface area contributed by atoms with Gasteiger partial charge in [-0.25, -0.2) is 9.37 Å². The number of benzene rings is 2. The van der Waals surface area contributed by atoms with Gasteiger partial charge < -0.3 is 5.32 Å². The summed E-state index contributed by atoms with van der Waals surface area (Å²) in [6.45, 7) is 2.05. The van der Waals surface area contributed by atoms with Crippen LogP contribution in [0.25, 0.3) is 16.9 Å². The van der Waals surface area contributed by atoms with E-state index in [0.717, 1.165) is 34.0 Å². The molecule has 0 amide bonds. The molecule has 0 bridgehead atoms. The number of aromatic nitrogens is 3. The van der Waals surface area contributed by atoms with E-state index in [0.29, 0.717) is 0 Å². The molecular weight excluding hydrogens is 303 g/mol. The van der Waals surface area contributed by atoms with Gasteiger partial charge in [-0.3, -0.25) is 9.38 Å².